The highest BCUT2D eigenvalue weighted by molar-refractivity contribution is 7.13. The molecule has 0 atom stereocenters. The Morgan fingerprint density at radius 1 is 1.62 bits per heavy atom. The summed E-state index contributed by atoms with van der Waals surface area (Å²) in [6.07, 6.45) is 3.77. The summed E-state index contributed by atoms with van der Waals surface area (Å²) in [6, 6.07) is 2.08. The lowest BCUT2D eigenvalue weighted by atomic mass is 10.1. The maximum atomic E-state index is 11.8. The number of carbonyl (C=O) groups excluding carboxylic acids is 1. The number of thiazole rings is 1. The lowest BCUT2D eigenvalue weighted by Crippen LogP contribution is -2.22. The van der Waals surface area contributed by atoms with Gasteiger partial charge in [-0.1, -0.05) is 0 Å². The van der Waals surface area contributed by atoms with Crippen molar-refractivity contribution >= 4 is 22.4 Å². The molecule has 0 bridgehead atoms. The van der Waals surface area contributed by atoms with Crippen molar-refractivity contribution in [2.75, 3.05) is 5.32 Å². The van der Waals surface area contributed by atoms with Gasteiger partial charge in [0.05, 0.1) is 11.8 Å². The zero-order valence-electron chi connectivity index (χ0n) is 8.69. The van der Waals surface area contributed by atoms with Crippen LogP contribution < -0.4 is 5.32 Å². The molecular weight excluding hydrogens is 222 g/mol. The van der Waals surface area contributed by atoms with Crippen molar-refractivity contribution in [3.05, 3.63) is 11.1 Å². The topological polar surface area (TPSA) is 65.8 Å². The molecule has 16 heavy (non-hydrogen) atoms. The molecule has 2 aliphatic rings. The van der Waals surface area contributed by atoms with Crippen molar-refractivity contribution in [2.24, 2.45) is 5.41 Å². The Kier molecular flexibility index (Phi) is 2.01. The molecule has 0 aliphatic heterocycles. The van der Waals surface area contributed by atoms with Crippen molar-refractivity contribution in [3.63, 3.8) is 0 Å². The number of hydrogen-bond donors (Lipinski definition) is 1. The monoisotopic (exact) mass is 233 g/mol. The lowest BCUT2D eigenvalue weighted by molar-refractivity contribution is -0.119. The second-order valence-electron chi connectivity index (χ2n) is 4.50. The van der Waals surface area contributed by atoms with Crippen LogP contribution >= 0.6 is 11.3 Å². The molecule has 0 saturated heterocycles. The molecule has 0 spiro atoms. The van der Waals surface area contributed by atoms with Gasteiger partial charge in [0.25, 0.3) is 0 Å². The molecule has 2 aliphatic carbocycles. The summed E-state index contributed by atoms with van der Waals surface area (Å²) in [5.41, 5.74) is 0.327. The molecule has 0 radical (unpaired) electrons. The van der Waals surface area contributed by atoms with Gasteiger partial charge in [0.2, 0.25) is 5.91 Å². The molecule has 2 fully saturated rings. The van der Waals surface area contributed by atoms with Gasteiger partial charge in [0.15, 0.2) is 5.13 Å². The first kappa shape index (κ1) is 9.79. The summed E-state index contributed by atoms with van der Waals surface area (Å²) in [5.74, 6) is 0.416. The van der Waals surface area contributed by atoms with Crippen LogP contribution in [-0.2, 0) is 4.79 Å². The highest BCUT2D eigenvalue weighted by Gasteiger charge is 2.50. The molecule has 1 aromatic heterocycles. The van der Waals surface area contributed by atoms with E-state index in [-0.39, 0.29) is 5.91 Å². The van der Waals surface area contributed by atoms with Gasteiger partial charge in [-0.3, -0.25) is 4.79 Å². The quantitative estimate of drug-likeness (QED) is 0.870. The van der Waals surface area contributed by atoms with Gasteiger partial charge in [0, 0.05) is 11.3 Å². The zero-order chi connectivity index (χ0) is 11.2. The minimum atomic E-state index is -0.759. The van der Waals surface area contributed by atoms with Crippen molar-refractivity contribution < 1.29 is 4.79 Å². The number of amides is 1. The van der Waals surface area contributed by atoms with Crippen LogP contribution in [0, 0.1) is 16.7 Å². The first-order chi connectivity index (χ1) is 7.73. The van der Waals surface area contributed by atoms with Crippen LogP contribution in [0.15, 0.2) is 5.38 Å². The summed E-state index contributed by atoms with van der Waals surface area (Å²) >= 11 is 1.45. The number of anilines is 1. The molecule has 1 heterocycles. The summed E-state index contributed by atoms with van der Waals surface area (Å²) in [5, 5.41) is 14.3. The van der Waals surface area contributed by atoms with E-state index in [9.17, 15) is 4.79 Å². The van der Waals surface area contributed by atoms with E-state index in [2.05, 4.69) is 16.4 Å². The van der Waals surface area contributed by atoms with Gasteiger partial charge in [0.1, 0.15) is 5.41 Å². The molecule has 5 heteroatoms. The van der Waals surface area contributed by atoms with Crippen molar-refractivity contribution in [1.82, 2.24) is 4.98 Å². The average Bonchev–Trinajstić information content (AvgIpc) is 3.19. The van der Waals surface area contributed by atoms with Gasteiger partial charge < -0.3 is 5.32 Å². The van der Waals surface area contributed by atoms with Crippen LogP contribution in [0.25, 0.3) is 0 Å². The number of nitrogens with zero attached hydrogens (tertiary/aromatic N) is 2. The maximum absolute atomic E-state index is 11.8. The molecule has 1 N–H and O–H groups in total. The number of aromatic nitrogens is 1. The zero-order valence-corrected chi connectivity index (χ0v) is 9.51. The van der Waals surface area contributed by atoms with Gasteiger partial charge in [-0.2, -0.15) is 5.26 Å². The highest BCUT2D eigenvalue weighted by Crippen LogP contribution is 2.46. The summed E-state index contributed by atoms with van der Waals surface area (Å²) in [4.78, 5) is 16.1. The van der Waals surface area contributed by atoms with Crippen LogP contribution in [0.2, 0.25) is 0 Å². The normalized spacial score (nSPS) is 21.2. The van der Waals surface area contributed by atoms with Crippen LogP contribution in [0.5, 0.6) is 0 Å². The van der Waals surface area contributed by atoms with E-state index < -0.39 is 5.41 Å². The largest absolute Gasteiger partial charge is 0.301 e. The summed E-state index contributed by atoms with van der Waals surface area (Å²) in [7, 11) is 0. The van der Waals surface area contributed by atoms with Crippen molar-refractivity contribution in [2.45, 2.75) is 31.6 Å². The number of carbonyl (C=O) groups is 1. The molecule has 1 amide bonds. The standard InChI is InChI=1S/C11H11N3OS/c12-6-11(3-4-11)9(15)14-10-13-8(5-16-10)7-1-2-7/h5,7H,1-4H2,(H,13,14,15). The van der Waals surface area contributed by atoms with E-state index in [1.54, 1.807) is 0 Å². The smallest absolute Gasteiger partial charge is 0.246 e. The van der Waals surface area contributed by atoms with Gasteiger partial charge in [-0.15, -0.1) is 11.3 Å². The van der Waals surface area contributed by atoms with Gasteiger partial charge >= 0.3 is 0 Å². The summed E-state index contributed by atoms with van der Waals surface area (Å²) < 4.78 is 0. The number of nitrogens with one attached hydrogen (secondary N) is 1. The minimum Gasteiger partial charge on any atom is -0.301 e. The fourth-order valence-electron chi connectivity index (χ4n) is 1.64. The first-order valence-electron chi connectivity index (χ1n) is 5.42. The fraction of sp³-hybridized carbons (Fsp3) is 0.545. The lowest BCUT2D eigenvalue weighted by Gasteiger charge is -2.04. The van der Waals surface area contributed by atoms with Crippen molar-refractivity contribution in [1.29, 1.82) is 5.26 Å². The fourth-order valence-corrected chi connectivity index (χ4v) is 2.43. The SMILES string of the molecule is N#CC1(C(=O)Nc2nc(C3CC3)cs2)CC1. The molecule has 3 rings (SSSR count). The van der Waals surface area contributed by atoms with E-state index >= 15 is 0 Å². The number of hydrogen-bond acceptors (Lipinski definition) is 4. The molecule has 82 valence electrons. The van der Waals surface area contributed by atoms with Crippen LogP contribution in [0.1, 0.15) is 37.3 Å². The highest BCUT2D eigenvalue weighted by atomic mass is 32.1. The average molecular weight is 233 g/mol. The van der Waals surface area contributed by atoms with Gasteiger partial charge in [-0.05, 0) is 25.7 Å². The second kappa shape index (κ2) is 3.29. The molecule has 2 saturated carbocycles. The molecule has 0 unspecified atom stereocenters. The Morgan fingerprint density at radius 3 is 2.94 bits per heavy atom. The minimum absolute atomic E-state index is 0.188. The van der Waals surface area contributed by atoms with Crippen LogP contribution in [-0.4, -0.2) is 10.9 Å². The number of nitriles is 1. The van der Waals surface area contributed by atoms with E-state index in [0.29, 0.717) is 23.9 Å². The number of rotatable bonds is 3. The third-order valence-electron chi connectivity index (χ3n) is 3.14. The first-order valence-corrected chi connectivity index (χ1v) is 6.30. The van der Waals surface area contributed by atoms with Gasteiger partial charge in [-0.25, -0.2) is 4.98 Å². The van der Waals surface area contributed by atoms with Crippen LogP contribution in [0.4, 0.5) is 5.13 Å². The Labute approximate surface area is 97.3 Å². The second-order valence-corrected chi connectivity index (χ2v) is 5.36. The molecule has 0 aromatic carbocycles. The third-order valence-corrected chi connectivity index (χ3v) is 3.91. The Morgan fingerprint density at radius 2 is 2.38 bits per heavy atom. The van der Waals surface area contributed by atoms with E-state index in [0.717, 1.165) is 5.69 Å². The Hall–Kier alpha value is -1.41. The molecule has 1 aromatic rings. The van der Waals surface area contributed by atoms with E-state index in [4.69, 9.17) is 5.26 Å². The van der Waals surface area contributed by atoms with E-state index in [1.807, 2.05) is 5.38 Å². The maximum Gasteiger partial charge on any atom is 0.246 e. The third kappa shape index (κ3) is 1.59. The van der Waals surface area contributed by atoms with Crippen LogP contribution in [0.3, 0.4) is 0 Å². The van der Waals surface area contributed by atoms with E-state index in [1.165, 1.54) is 24.2 Å². The predicted molar refractivity (Wildman–Crippen MR) is 60.0 cm³/mol. The summed E-state index contributed by atoms with van der Waals surface area (Å²) in [6.45, 7) is 0. The molecular formula is C11H11N3OS. The Bertz CT molecular complexity index is 480. The Balaban J connectivity index is 1.69. The van der Waals surface area contributed by atoms with Crippen molar-refractivity contribution in [3.8, 4) is 6.07 Å². The molecule has 4 nitrogen and oxygen atoms in total. The predicted octanol–water partition coefficient (Wildman–Crippen LogP) is 2.26.